The summed E-state index contributed by atoms with van der Waals surface area (Å²) in [6.07, 6.45) is 5.73. The number of hydrogen-bond acceptors (Lipinski definition) is 3. The molecule has 35 heavy (non-hydrogen) atoms. The second kappa shape index (κ2) is 9.16. The number of ether oxygens (including phenoxy) is 1. The van der Waals surface area contributed by atoms with Gasteiger partial charge in [0.15, 0.2) is 0 Å². The Hall–Kier alpha value is -3.11. The van der Waals surface area contributed by atoms with Crippen LogP contribution in [-0.4, -0.2) is 40.4 Å². The lowest BCUT2D eigenvalue weighted by atomic mass is 9.82. The minimum Gasteiger partial charge on any atom is -0.448 e. The van der Waals surface area contributed by atoms with Gasteiger partial charge in [0.05, 0.1) is 5.60 Å². The van der Waals surface area contributed by atoms with Crippen LogP contribution in [0.3, 0.4) is 0 Å². The molecule has 3 aromatic rings. The Morgan fingerprint density at radius 2 is 1.43 bits per heavy atom. The van der Waals surface area contributed by atoms with Crippen LogP contribution in [0.2, 0.25) is 0 Å². The number of carbonyl (C=O) groups is 1. The van der Waals surface area contributed by atoms with Gasteiger partial charge in [-0.05, 0) is 72.8 Å². The van der Waals surface area contributed by atoms with Gasteiger partial charge < -0.3 is 14.7 Å². The molecule has 2 bridgehead atoms. The maximum Gasteiger partial charge on any atom is 0.410 e. The summed E-state index contributed by atoms with van der Waals surface area (Å²) in [5.74, 6) is 0.0729. The molecule has 180 valence electrons. The highest BCUT2D eigenvalue weighted by atomic mass is 16.6. The highest BCUT2D eigenvalue weighted by molar-refractivity contribution is 5.79. The zero-order valence-corrected chi connectivity index (χ0v) is 20.1. The van der Waals surface area contributed by atoms with E-state index in [1.807, 2.05) is 11.0 Å². The molecule has 0 saturated carbocycles. The van der Waals surface area contributed by atoms with E-state index in [4.69, 9.17) is 4.74 Å². The van der Waals surface area contributed by atoms with E-state index < -0.39 is 5.60 Å². The molecule has 2 saturated heterocycles. The van der Waals surface area contributed by atoms with Crippen molar-refractivity contribution in [2.75, 3.05) is 6.61 Å². The monoisotopic (exact) mass is 467 g/mol. The molecule has 2 aliphatic heterocycles. The van der Waals surface area contributed by atoms with Gasteiger partial charge in [0.1, 0.15) is 6.61 Å². The molecule has 2 atom stereocenters. The third-order valence-corrected chi connectivity index (χ3v) is 8.35. The second-order valence-corrected chi connectivity index (χ2v) is 10.6. The Morgan fingerprint density at radius 1 is 0.857 bits per heavy atom. The standard InChI is InChI=1S/C31H33NO3/c33-30(35-21-29-27-14-6-4-12-25(27)26-13-5-7-15-28(26)29)32-23-16-17-24(32)20-31(34,19-23)18-8-11-22-9-2-1-3-10-22/h1-7,9-10,12-15,23-24,29,34H,8,11,16-21H2. The van der Waals surface area contributed by atoms with Crippen LogP contribution in [0.5, 0.6) is 0 Å². The van der Waals surface area contributed by atoms with Gasteiger partial charge in [-0.1, -0.05) is 78.9 Å². The first-order valence-corrected chi connectivity index (χ1v) is 13.0. The van der Waals surface area contributed by atoms with Crippen LogP contribution in [-0.2, 0) is 11.2 Å². The Bertz CT molecular complexity index is 1150. The van der Waals surface area contributed by atoms with Crippen LogP contribution in [0.4, 0.5) is 4.79 Å². The largest absolute Gasteiger partial charge is 0.448 e. The average Bonchev–Trinajstić information content (AvgIpc) is 3.35. The molecule has 2 unspecified atom stereocenters. The van der Waals surface area contributed by atoms with E-state index in [2.05, 4.69) is 72.8 Å². The minimum absolute atomic E-state index is 0.0729. The number of fused-ring (bicyclic) bond motifs is 5. The van der Waals surface area contributed by atoms with Gasteiger partial charge >= 0.3 is 6.09 Å². The fourth-order valence-electron chi connectivity index (χ4n) is 6.76. The lowest BCUT2D eigenvalue weighted by molar-refractivity contribution is -0.0545. The van der Waals surface area contributed by atoms with Gasteiger partial charge in [-0.3, -0.25) is 0 Å². The van der Waals surface area contributed by atoms with Crippen molar-refractivity contribution in [1.82, 2.24) is 4.90 Å². The van der Waals surface area contributed by atoms with Crippen molar-refractivity contribution >= 4 is 6.09 Å². The first-order chi connectivity index (χ1) is 17.1. The van der Waals surface area contributed by atoms with Crippen molar-refractivity contribution in [2.24, 2.45) is 0 Å². The number of amides is 1. The summed E-state index contributed by atoms with van der Waals surface area (Å²) in [6, 6.07) is 27.5. The van der Waals surface area contributed by atoms with Crippen LogP contribution < -0.4 is 0 Å². The van der Waals surface area contributed by atoms with Crippen LogP contribution in [0.1, 0.15) is 61.1 Å². The molecule has 0 aromatic heterocycles. The van der Waals surface area contributed by atoms with Gasteiger partial charge in [0.2, 0.25) is 0 Å². The predicted molar refractivity (Wildman–Crippen MR) is 137 cm³/mol. The van der Waals surface area contributed by atoms with Crippen molar-refractivity contribution in [1.29, 1.82) is 0 Å². The van der Waals surface area contributed by atoms with E-state index in [0.717, 1.165) is 32.1 Å². The molecule has 2 fully saturated rings. The molecule has 4 heteroatoms. The van der Waals surface area contributed by atoms with E-state index >= 15 is 0 Å². The van der Waals surface area contributed by atoms with E-state index in [-0.39, 0.29) is 24.1 Å². The normalized spacial score (nSPS) is 24.8. The van der Waals surface area contributed by atoms with Crippen molar-refractivity contribution in [3.8, 4) is 11.1 Å². The molecular weight excluding hydrogens is 434 g/mol. The van der Waals surface area contributed by atoms with Crippen LogP contribution in [0.15, 0.2) is 78.9 Å². The third kappa shape index (κ3) is 4.25. The van der Waals surface area contributed by atoms with E-state index in [0.29, 0.717) is 19.4 Å². The summed E-state index contributed by atoms with van der Waals surface area (Å²) >= 11 is 0. The number of benzene rings is 3. The van der Waals surface area contributed by atoms with Crippen LogP contribution >= 0.6 is 0 Å². The van der Waals surface area contributed by atoms with E-state index in [9.17, 15) is 9.90 Å². The molecular formula is C31H33NO3. The fraction of sp³-hybridized carbons (Fsp3) is 0.387. The van der Waals surface area contributed by atoms with Crippen molar-refractivity contribution in [3.63, 3.8) is 0 Å². The number of aryl methyl sites for hydroxylation is 1. The number of nitrogens with zero attached hydrogens (tertiary/aromatic N) is 1. The van der Waals surface area contributed by atoms with Gasteiger partial charge in [-0.25, -0.2) is 4.79 Å². The fourth-order valence-corrected chi connectivity index (χ4v) is 6.76. The number of piperidine rings is 1. The Labute approximate surface area is 207 Å². The zero-order chi connectivity index (χ0) is 23.8. The van der Waals surface area contributed by atoms with Crippen molar-refractivity contribution in [3.05, 3.63) is 95.6 Å². The number of carbonyl (C=O) groups excluding carboxylic acids is 1. The maximum absolute atomic E-state index is 13.3. The highest BCUT2D eigenvalue weighted by Gasteiger charge is 2.49. The molecule has 3 aliphatic rings. The van der Waals surface area contributed by atoms with Crippen molar-refractivity contribution < 1.29 is 14.6 Å². The molecule has 1 N–H and O–H groups in total. The van der Waals surface area contributed by atoms with Gasteiger partial charge in [-0.2, -0.15) is 0 Å². The predicted octanol–water partition coefficient (Wildman–Crippen LogP) is 6.32. The Balaban J connectivity index is 1.09. The summed E-state index contributed by atoms with van der Waals surface area (Å²) < 4.78 is 5.97. The molecule has 0 spiro atoms. The van der Waals surface area contributed by atoms with E-state index in [1.54, 1.807) is 0 Å². The molecule has 0 radical (unpaired) electrons. The average molecular weight is 468 g/mol. The first-order valence-electron chi connectivity index (χ1n) is 13.0. The smallest absolute Gasteiger partial charge is 0.410 e. The van der Waals surface area contributed by atoms with Crippen LogP contribution in [0, 0.1) is 0 Å². The quantitative estimate of drug-likeness (QED) is 0.462. The molecule has 2 heterocycles. The summed E-state index contributed by atoms with van der Waals surface area (Å²) in [6.45, 7) is 0.351. The minimum atomic E-state index is -0.680. The van der Waals surface area contributed by atoms with Gasteiger partial charge in [0.25, 0.3) is 0 Å². The zero-order valence-electron chi connectivity index (χ0n) is 20.1. The van der Waals surface area contributed by atoms with Crippen molar-refractivity contribution in [2.45, 2.75) is 68.5 Å². The molecule has 6 rings (SSSR count). The van der Waals surface area contributed by atoms with Gasteiger partial charge in [0, 0.05) is 18.0 Å². The topological polar surface area (TPSA) is 49.8 Å². The number of aliphatic hydroxyl groups is 1. The third-order valence-electron chi connectivity index (χ3n) is 8.35. The summed E-state index contributed by atoms with van der Waals surface area (Å²) in [5.41, 5.74) is 5.58. The lowest BCUT2D eigenvalue weighted by Crippen LogP contribution is -2.53. The second-order valence-electron chi connectivity index (χ2n) is 10.6. The molecule has 1 amide bonds. The molecule has 4 nitrogen and oxygen atoms in total. The summed E-state index contributed by atoms with van der Waals surface area (Å²) in [7, 11) is 0. The Morgan fingerprint density at radius 3 is 2.06 bits per heavy atom. The van der Waals surface area contributed by atoms with Gasteiger partial charge in [-0.15, -0.1) is 0 Å². The number of hydrogen-bond donors (Lipinski definition) is 1. The Kier molecular flexibility index (Phi) is 5.85. The molecule has 1 aliphatic carbocycles. The maximum atomic E-state index is 13.3. The summed E-state index contributed by atoms with van der Waals surface area (Å²) in [5, 5.41) is 11.4. The first kappa shape index (κ1) is 22.4. The number of rotatable bonds is 6. The van der Waals surface area contributed by atoms with Crippen LogP contribution in [0.25, 0.3) is 11.1 Å². The van der Waals surface area contributed by atoms with E-state index in [1.165, 1.54) is 27.8 Å². The summed E-state index contributed by atoms with van der Waals surface area (Å²) in [4.78, 5) is 15.2. The molecule has 3 aromatic carbocycles. The lowest BCUT2D eigenvalue weighted by Gasteiger charge is -2.43. The SMILES string of the molecule is O=C(OCC1c2ccccc2-c2ccccc21)N1C2CCC1CC(O)(CCCc1ccccc1)C2. The highest BCUT2D eigenvalue weighted by Crippen LogP contribution is 2.46.